The number of aliphatic hydroxyl groups is 1. The van der Waals surface area contributed by atoms with Crippen molar-refractivity contribution in [1.29, 1.82) is 0 Å². The van der Waals surface area contributed by atoms with Gasteiger partial charge in [0.2, 0.25) is 5.91 Å². The van der Waals surface area contributed by atoms with Crippen molar-refractivity contribution in [2.45, 2.75) is 50.6 Å². The number of hydrogen-bond donors (Lipinski definition) is 2. The van der Waals surface area contributed by atoms with Crippen molar-refractivity contribution in [3.05, 3.63) is 59.4 Å². The molecule has 9 heteroatoms. The average molecular weight is 464 g/mol. The molecule has 6 nitrogen and oxygen atoms in total. The number of halogens is 3. The van der Waals surface area contributed by atoms with E-state index >= 15 is 0 Å². The van der Waals surface area contributed by atoms with Crippen LogP contribution in [0.1, 0.15) is 42.2 Å². The molecule has 1 fully saturated rings. The van der Waals surface area contributed by atoms with Crippen LogP contribution in [0.25, 0.3) is 0 Å². The maximum absolute atomic E-state index is 12.9. The molecule has 1 aliphatic carbocycles. The number of carbonyl (C=O) groups excluding carboxylic acids is 1. The van der Waals surface area contributed by atoms with Crippen molar-refractivity contribution in [3.8, 4) is 5.75 Å². The zero-order chi connectivity index (χ0) is 23.4. The number of aliphatic hydroxyl groups excluding tert-OH is 1. The Morgan fingerprint density at radius 1 is 1.15 bits per heavy atom. The lowest BCUT2D eigenvalue weighted by Crippen LogP contribution is -2.47. The standard InChI is InChI=1S/C24H28F3N3O3/c25-24(26,27)33-19-7-8-20(28-14-19)23(32)21(15-30-9-3-4-10-30)29-22(31)13-16-11-17-5-1-2-6-18(17)12-16/h1-2,5-8,14,16,21,23,32H,3-4,9-13,15H2,(H,29,31). The van der Waals surface area contributed by atoms with Gasteiger partial charge in [0.25, 0.3) is 0 Å². The van der Waals surface area contributed by atoms with E-state index in [1.165, 1.54) is 17.2 Å². The highest BCUT2D eigenvalue weighted by atomic mass is 19.4. The number of likely N-dealkylation sites (tertiary alicyclic amines) is 1. The fraction of sp³-hybridized carbons (Fsp3) is 0.500. The van der Waals surface area contributed by atoms with Crippen molar-refractivity contribution in [2.24, 2.45) is 5.92 Å². The first kappa shape index (κ1) is 23.5. The second kappa shape index (κ2) is 10.1. The molecule has 0 spiro atoms. The van der Waals surface area contributed by atoms with Crippen molar-refractivity contribution >= 4 is 5.91 Å². The van der Waals surface area contributed by atoms with Gasteiger partial charge in [0.05, 0.1) is 17.9 Å². The molecule has 1 amide bonds. The van der Waals surface area contributed by atoms with Crippen LogP contribution in [0.2, 0.25) is 0 Å². The molecule has 0 radical (unpaired) electrons. The lowest BCUT2D eigenvalue weighted by molar-refractivity contribution is -0.274. The van der Waals surface area contributed by atoms with E-state index in [-0.39, 0.29) is 17.5 Å². The number of nitrogens with zero attached hydrogens (tertiary/aromatic N) is 2. The first-order valence-corrected chi connectivity index (χ1v) is 11.2. The molecule has 2 unspecified atom stereocenters. The summed E-state index contributed by atoms with van der Waals surface area (Å²) in [6, 6.07) is 9.96. The van der Waals surface area contributed by atoms with Crippen molar-refractivity contribution < 1.29 is 27.8 Å². The van der Waals surface area contributed by atoms with Gasteiger partial charge in [-0.25, -0.2) is 0 Å². The van der Waals surface area contributed by atoms with Gasteiger partial charge >= 0.3 is 6.36 Å². The Kier molecular flexibility index (Phi) is 7.19. The van der Waals surface area contributed by atoms with Gasteiger partial charge in [-0.3, -0.25) is 9.78 Å². The van der Waals surface area contributed by atoms with Crippen LogP contribution in [0.15, 0.2) is 42.6 Å². The Morgan fingerprint density at radius 3 is 2.39 bits per heavy atom. The Balaban J connectivity index is 1.40. The minimum absolute atomic E-state index is 0.145. The van der Waals surface area contributed by atoms with E-state index in [9.17, 15) is 23.1 Å². The summed E-state index contributed by atoms with van der Waals surface area (Å²) in [6.07, 6.45) is -0.877. The Hall–Kier alpha value is -2.65. The molecule has 1 aromatic carbocycles. The fourth-order valence-corrected chi connectivity index (χ4v) is 4.76. The third-order valence-electron chi connectivity index (χ3n) is 6.29. The molecular weight excluding hydrogens is 435 g/mol. The summed E-state index contributed by atoms with van der Waals surface area (Å²) < 4.78 is 41.1. The first-order chi connectivity index (χ1) is 15.8. The van der Waals surface area contributed by atoms with Gasteiger partial charge in [-0.1, -0.05) is 24.3 Å². The van der Waals surface area contributed by atoms with Crippen molar-refractivity contribution in [2.75, 3.05) is 19.6 Å². The molecule has 1 saturated heterocycles. The third kappa shape index (κ3) is 6.45. The number of fused-ring (bicyclic) bond motifs is 1. The van der Waals surface area contributed by atoms with Crippen LogP contribution < -0.4 is 10.1 Å². The summed E-state index contributed by atoms with van der Waals surface area (Å²) in [7, 11) is 0. The van der Waals surface area contributed by atoms with Crippen LogP contribution in [-0.4, -0.2) is 52.9 Å². The number of rotatable bonds is 8. The number of carbonyl (C=O) groups is 1. The van der Waals surface area contributed by atoms with Gasteiger partial charge in [-0.05, 0) is 68.0 Å². The molecule has 0 saturated carbocycles. The predicted octanol–water partition coefficient (Wildman–Crippen LogP) is 3.40. The number of nitrogens with one attached hydrogen (secondary N) is 1. The maximum atomic E-state index is 12.9. The summed E-state index contributed by atoms with van der Waals surface area (Å²) in [5, 5.41) is 13.9. The maximum Gasteiger partial charge on any atom is 0.573 e. The zero-order valence-electron chi connectivity index (χ0n) is 18.2. The predicted molar refractivity (Wildman–Crippen MR) is 115 cm³/mol. The summed E-state index contributed by atoms with van der Waals surface area (Å²) in [4.78, 5) is 19.0. The number of amides is 1. The normalized spacial score (nSPS) is 18.7. The highest BCUT2D eigenvalue weighted by Gasteiger charge is 2.32. The smallest absolute Gasteiger partial charge is 0.404 e. The summed E-state index contributed by atoms with van der Waals surface area (Å²) in [5.41, 5.74) is 2.73. The quantitative estimate of drug-likeness (QED) is 0.628. The first-order valence-electron chi connectivity index (χ1n) is 11.2. The van der Waals surface area contributed by atoms with E-state index in [1.807, 2.05) is 12.1 Å². The van der Waals surface area contributed by atoms with Crippen LogP contribution >= 0.6 is 0 Å². The molecule has 2 N–H and O–H groups in total. The highest BCUT2D eigenvalue weighted by Crippen LogP contribution is 2.29. The molecule has 1 aromatic heterocycles. The zero-order valence-corrected chi connectivity index (χ0v) is 18.2. The highest BCUT2D eigenvalue weighted by molar-refractivity contribution is 5.77. The largest absolute Gasteiger partial charge is 0.573 e. The topological polar surface area (TPSA) is 74.7 Å². The van der Waals surface area contributed by atoms with Gasteiger partial charge in [0, 0.05) is 13.0 Å². The number of benzene rings is 1. The number of ether oxygens (including phenoxy) is 1. The Morgan fingerprint density at radius 2 is 1.82 bits per heavy atom. The second-order valence-corrected chi connectivity index (χ2v) is 8.84. The van der Waals surface area contributed by atoms with Gasteiger partial charge in [0.1, 0.15) is 11.9 Å². The molecule has 2 heterocycles. The molecule has 0 bridgehead atoms. The average Bonchev–Trinajstić information content (AvgIpc) is 3.41. The van der Waals surface area contributed by atoms with E-state index in [0.717, 1.165) is 51.0 Å². The molecule has 178 valence electrons. The minimum atomic E-state index is -4.81. The monoisotopic (exact) mass is 463 g/mol. The Bertz CT molecular complexity index is 921. The van der Waals surface area contributed by atoms with Crippen LogP contribution in [0.4, 0.5) is 13.2 Å². The van der Waals surface area contributed by atoms with Gasteiger partial charge in [-0.2, -0.15) is 0 Å². The Labute approximate surface area is 190 Å². The van der Waals surface area contributed by atoms with Crippen LogP contribution in [0.5, 0.6) is 5.75 Å². The lowest BCUT2D eigenvalue weighted by atomic mass is 10.0. The summed E-state index contributed by atoms with van der Waals surface area (Å²) in [5.74, 6) is -0.392. The summed E-state index contributed by atoms with van der Waals surface area (Å²) in [6.45, 7) is 2.20. The molecule has 33 heavy (non-hydrogen) atoms. The number of alkyl halides is 3. The van der Waals surface area contributed by atoms with E-state index in [2.05, 4.69) is 32.1 Å². The third-order valence-corrected chi connectivity index (χ3v) is 6.29. The van der Waals surface area contributed by atoms with Gasteiger partial charge in [0.15, 0.2) is 0 Å². The number of hydrogen-bond acceptors (Lipinski definition) is 5. The van der Waals surface area contributed by atoms with Gasteiger partial charge < -0.3 is 20.1 Å². The van der Waals surface area contributed by atoms with Crippen molar-refractivity contribution in [1.82, 2.24) is 15.2 Å². The minimum Gasteiger partial charge on any atom is -0.404 e. The molecule has 4 rings (SSSR count). The molecule has 2 atom stereocenters. The lowest BCUT2D eigenvalue weighted by Gasteiger charge is -2.28. The van der Waals surface area contributed by atoms with Crippen LogP contribution in [-0.2, 0) is 17.6 Å². The van der Waals surface area contributed by atoms with E-state index in [1.54, 1.807) is 0 Å². The molecular formula is C24H28F3N3O3. The fourth-order valence-electron chi connectivity index (χ4n) is 4.76. The van der Waals surface area contributed by atoms with E-state index in [4.69, 9.17) is 0 Å². The summed E-state index contributed by atoms with van der Waals surface area (Å²) >= 11 is 0. The molecule has 2 aromatic rings. The van der Waals surface area contributed by atoms with E-state index in [0.29, 0.717) is 13.0 Å². The number of aromatic nitrogens is 1. The SMILES string of the molecule is O=C(CC1Cc2ccccc2C1)NC(CN1CCCC1)C(O)c1ccc(OC(F)(F)F)cn1. The van der Waals surface area contributed by atoms with Crippen LogP contribution in [0.3, 0.4) is 0 Å². The van der Waals surface area contributed by atoms with Crippen LogP contribution in [0, 0.1) is 5.92 Å². The van der Waals surface area contributed by atoms with Gasteiger partial charge in [-0.15, -0.1) is 13.2 Å². The second-order valence-electron chi connectivity index (χ2n) is 8.84. The number of pyridine rings is 1. The molecule has 2 aliphatic rings. The van der Waals surface area contributed by atoms with E-state index < -0.39 is 24.3 Å². The molecule has 1 aliphatic heterocycles. The van der Waals surface area contributed by atoms with Crippen molar-refractivity contribution in [3.63, 3.8) is 0 Å².